The van der Waals surface area contributed by atoms with Crippen LogP contribution in [-0.4, -0.2) is 39.7 Å². The van der Waals surface area contributed by atoms with Gasteiger partial charge in [-0.25, -0.2) is 0 Å². The van der Waals surface area contributed by atoms with Crippen LogP contribution in [0.25, 0.3) is 0 Å². The van der Waals surface area contributed by atoms with Crippen molar-refractivity contribution in [2.75, 3.05) is 7.11 Å². The maximum absolute atomic E-state index is 10.5. The van der Waals surface area contributed by atoms with E-state index >= 15 is 0 Å². The highest BCUT2D eigenvalue weighted by molar-refractivity contribution is 5.41. The molecular formula is C21H28O5. The molecule has 5 nitrogen and oxygen atoms in total. The monoisotopic (exact) mass is 360 g/mol. The molecule has 0 radical (unpaired) electrons. The van der Waals surface area contributed by atoms with Crippen LogP contribution < -0.4 is 4.74 Å². The van der Waals surface area contributed by atoms with Crippen LogP contribution in [0.15, 0.2) is 42.5 Å². The van der Waals surface area contributed by atoms with E-state index in [2.05, 4.69) is 0 Å². The standard InChI is InChI=1S/C21H28O5/c1-14(22)11-17(16-5-8-18(23)9-6-16)13-19(24)7-3-15-4-10-20(25)21(12-15)26-2/h4-6,8-10,12,14,17,19,22-25H,3,7,11,13H2,1-2H3. The maximum Gasteiger partial charge on any atom is 0.160 e. The molecule has 2 rings (SSSR count). The maximum atomic E-state index is 10.5. The first-order chi connectivity index (χ1) is 12.4. The molecule has 0 spiro atoms. The summed E-state index contributed by atoms with van der Waals surface area (Å²) in [5.41, 5.74) is 1.98. The molecule has 26 heavy (non-hydrogen) atoms. The number of phenolic OH excluding ortho intramolecular Hbond substituents is 2. The Morgan fingerprint density at radius 2 is 1.65 bits per heavy atom. The van der Waals surface area contributed by atoms with Gasteiger partial charge in [0.05, 0.1) is 19.3 Å². The molecule has 0 heterocycles. The predicted octanol–water partition coefficient (Wildman–Crippen LogP) is 3.34. The predicted molar refractivity (Wildman–Crippen MR) is 101 cm³/mol. The number of hydrogen-bond acceptors (Lipinski definition) is 5. The van der Waals surface area contributed by atoms with Gasteiger partial charge < -0.3 is 25.2 Å². The number of aliphatic hydroxyl groups is 2. The fraction of sp³-hybridized carbons (Fsp3) is 0.429. The zero-order valence-electron chi connectivity index (χ0n) is 15.3. The van der Waals surface area contributed by atoms with E-state index in [0.717, 1.165) is 11.1 Å². The number of aryl methyl sites for hydroxylation is 1. The molecule has 0 bridgehead atoms. The zero-order chi connectivity index (χ0) is 19.1. The molecule has 0 aliphatic heterocycles. The van der Waals surface area contributed by atoms with E-state index in [9.17, 15) is 20.4 Å². The normalized spacial score (nSPS) is 14.6. The van der Waals surface area contributed by atoms with Crippen molar-refractivity contribution >= 4 is 0 Å². The van der Waals surface area contributed by atoms with E-state index in [0.29, 0.717) is 31.4 Å². The van der Waals surface area contributed by atoms with Crippen molar-refractivity contribution < 1.29 is 25.2 Å². The number of hydrogen-bond donors (Lipinski definition) is 4. The molecule has 0 aliphatic carbocycles. The number of methoxy groups -OCH3 is 1. The van der Waals surface area contributed by atoms with Gasteiger partial charge in [0.15, 0.2) is 11.5 Å². The number of benzene rings is 2. The third-order valence-electron chi connectivity index (χ3n) is 4.56. The Morgan fingerprint density at radius 1 is 0.962 bits per heavy atom. The number of phenols is 2. The minimum atomic E-state index is -0.521. The second-order valence-electron chi connectivity index (χ2n) is 6.81. The highest BCUT2D eigenvalue weighted by Gasteiger charge is 2.19. The first kappa shape index (κ1) is 20.1. The van der Waals surface area contributed by atoms with Crippen LogP contribution in [0, 0.1) is 0 Å². The number of rotatable bonds is 9. The number of ether oxygens (including phenoxy) is 1. The molecule has 5 heteroatoms. The summed E-state index contributed by atoms with van der Waals surface area (Å²) in [5, 5.41) is 39.3. The minimum Gasteiger partial charge on any atom is -0.508 e. The van der Waals surface area contributed by atoms with Crippen LogP contribution in [0.3, 0.4) is 0 Å². The molecule has 0 amide bonds. The summed E-state index contributed by atoms with van der Waals surface area (Å²) in [6.45, 7) is 1.74. The summed E-state index contributed by atoms with van der Waals surface area (Å²) in [4.78, 5) is 0. The van der Waals surface area contributed by atoms with Gasteiger partial charge in [0.25, 0.3) is 0 Å². The quantitative estimate of drug-likeness (QED) is 0.551. The Morgan fingerprint density at radius 3 is 2.27 bits per heavy atom. The Hall–Kier alpha value is -2.24. The molecule has 2 aromatic rings. The highest BCUT2D eigenvalue weighted by atomic mass is 16.5. The lowest BCUT2D eigenvalue weighted by atomic mass is 9.87. The second-order valence-corrected chi connectivity index (χ2v) is 6.81. The van der Waals surface area contributed by atoms with E-state index < -0.39 is 12.2 Å². The zero-order valence-corrected chi connectivity index (χ0v) is 15.3. The first-order valence-electron chi connectivity index (χ1n) is 8.90. The van der Waals surface area contributed by atoms with Crippen LogP contribution in [0.4, 0.5) is 0 Å². The van der Waals surface area contributed by atoms with Gasteiger partial charge in [-0.05, 0) is 73.9 Å². The molecule has 0 aromatic heterocycles. The van der Waals surface area contributed by atoms with Gasteiger partial charge in [-0.15, -0.1) is 0 Å². The number of aliphatic hydroxyl groups excluding tert-OH is 2. The fourth-order valence-electron chi connectivity index (χ4n) is 3.18. The van der Waals surface area contributed by atoms with Crippen LogP contribution in [-0.2, 0) is 6.42 Å². The fourth-order valence-corrected chi connectivity index (χ4v) is 3.18. The molecule has 2 aromatic carbocycles. The molecule has 0 saturated carbocycles. The molecule has 3 unspecified atom stereocenters. The highest BCUT2D eigenvalue weighted by Crippen LogP contribution is 2.30. The summed E-state index contributed by atoms with van der Waals surface area (Å²) in [6, 6.07) is 12.1. The van der Waals surface area contributed by atoms with Crippen molar-refractivity contribution in [2.45, 2.75) is 50.7 Å². The lowest BCUT2D eigenvalue weighted by Gasteiger charge is -2.22. The van der Waals surface area contributed by atoms with E-state index in [4.69, 9.17) is 4.74 Å². The molecule has 4 N–H and O–H groups in total. The van der Waals surface area contributed by atoms with Crippen LogP contribution in [0.1, 0.15) is 43.2 Å². The van der Waals surface area contributed by atoms with Gasteiger partial charge in [-0.1, -0.05) is 18.2 Å². The van der Waals surface area contributed by atoms with E-state index in [1.807, 2.05) is 18.2 Å². The second kappa shape index (κ2) is 9.46. The smallest absolute Gasteiger partial charge is 0.160 e. The van der Waals surface area contributed by atoms with E-state index in [1.54, 1.807) is 31.2 Å². The SMILES string of the molecule is COc1cc(CCC(O)CC(CC(C)O)c2ccc(O)cc2)ccc1O. The Kier molecular flexibility index (Phi) is 7.30. The van der Waals surface area contributed by atoms with E-state index in [1.165, 1.54) is 7.11 Å². The van der Waals surface area contributed by atoms with Crippen LogP contribution in [0.2, 0.25) is 0 Å². The summed E-state index contributed by atoms with van der Waals surface area (Å²) >= 11 is 0. The Labute approximate surface area is 154 Å². The lowest BCUT2D eigenvalue weighted by Crippen LogP contribution is -2.17. The van der Waals surface area contributed by atoms with Gasteiger partial charge in [0.1, 0.15) is 5.75 Å². The van der Waals surface area contributed by atoms with Gasteiger partial charge >= 0.3 is 0 Å². The summed E-state index contributed by atoms with van der Waals surface area (Å²) in [6.07, 6.45) is 1.33. The van der Waals surface area contributed by atoms with Crippen molar-refractivity contribution in [3.05, 3.63) is 53.6 Å². The average molecular weight is 360 g/mol. The lowest BCUT2D eigenvalue weighted by molar-refractivity contribution is 0.124. The average Bonchev–Trinajstić information content (AvgIpc) is 2.60. The van der Waals surface area contributed by atoms with Gasteiger partial charge in [-0.2, -0.15) is 0 Å². The molecule has 0 saturated heterocycles. The molecule has 0 fully saturated rings. The molecule has 3 atom stereocenters. The van der Waals surface area contributed by atoms with Crippen molar-refractivity contribution in [2.24, 2.45) is 0 Å². The van der Waals surface area contributed by atoms with Crippen LogP contribution in [0.5, 0.6) is 17.2 Å². The Balaban J connectivity index is 1.98. The summed E-state index contributed by atoms with van der Waals surface area (Å²) in [5.74, 6) is 0.737. The third-order valence-corrected chi connectivity index (χ3v) is 4.56. The van der Waals surface area contributed by atoms with Gasteiger partial charge in [0, 0.05) is 0 Å². The third kappa shape index (κ3) is 5.93. The minimum absolute atomic E-state index is 0.0138. The van der Waals surface area contributed by atoms with E-state index in [-0.39, 0.29) is 17.4 Å². The van der Waals surface area contributed by atoms with Crippen LogP contribution >= 0.6 is 0 Å². The first-order valence-corrected chi connectivity index (χ1v) is 8.90. The Bertz CT molecular complexity index is 681. The van der Waals surface area contributed by atoms with Gasteiger partial charge in [-0.3, -0.25) is 0 Å². The van der Waals surface area contributed by atoms with Crippen molar-refractivity contribution in [1.82, 2.24) is 0 Å². The van der Waals surface area contributed by atoms with Crippen molar-refractivity contribution in [1.29, 1.82) is 0 Å². The number of aromatic hydroxyl groups is 2. The molecular weight excluding hydrogens is 332 g/mol. The van der Waals surface area contributed by atoms with Crippen molar-refractivity contribution in [3.8, 4) is 17.2 Å². The largest absolute Gasteiger partial charge is 0.508 e. The van der Waals surface area contributed by atoms with Gasteiger partial charge in [0.2, 0.25) is 0 Å². The molecule has 0 aliphatic rings. The summed E-state index contributed by atoms with van der Waals surface area (Å²) in [7, 11) is 1.51. The molecule has 142 valence electrons. The topological polar surface area (TPSA) is 90.2 Å². The summed E-state index contributed by atoms with van der Waals surface area (Å²) < 4.78 is 5.11. The van der Waals surface area contributed by atoms with Crippen molar-refractivity contribution in [3.63, 3.8) is 0 Å².